The van der Waals surface area contributed by atoms with E-state index >= 15 is 0 Å². The van der Waals surface area contributed by atoms with Crippen molar-refractivity contribution in [2.24, 2.45) is 0 Å². The van der Waals surface area contributed by atoms with E-state index in [1.807, 2.05) is 0 Å². The Kier molecular flexibility index (Phi) is 6.26. The summed E-state index contributed by atoms with van der Waals surface area (Å²) >= 11 is 1.34. The van der Waals surface area contributed by atoms with Crippen LogP contribution in [0.4, 0.5) is 4.39 Å². The fourth-order valence-electron chi connectivity index (χ4n) is 1.26. The van der Waals surface area contributed by atoms with Crippen LogP contribution in [0.1, 0.15) is 11.1 Å². The van der Waals surface area contributed by atoms with Crippen LogP contribution in [0.15, 0.2) is 18.2 Å². The third-order valence-electron chi connectivity index (χ3n) is 1.99. The first-order chi connectivity index (χ1) is 8.65. The Morgan fingerprint density at radius 3 is 2.94 bits per heavy atom. The van der Waals surface area contributed by atoms with Crippen LogP contribution in [0.3, 0.4) is 0 Å². The van der Waals surface area contributed by atoms with Crippen LogP contribution in [0.2, 0.25) is 0 Å². The molecule has 1 N–H and O–H groups in total. The van der Waals surface area contributed by atoms with Crippen molar-refractivity contribution in [2.45, 2.75) is 5.75 Å². The normalized spacial score (nSPS) is 9.50. The monoisotopic (exact) mass is 268 g/mol. The number of rotatable bonds is 4. The second-order valence-corrected chi connectivity index (χ2v) is 4.36. The summed E-state index contributed by atoms with van der Waals surface area (Å²) in [6, 6.07) is 4.43. The molecule has 0 saturated carbocycles. The van der Waals surface area contributed by atoms with Crippen LogP contribution < -0.4 is 0 Å². The number of carbonyl (C=O) groups is 1. The molecule has 3 nitrogen and oxygen atoms in total. The van der Waals surface area contributed by atoms with E-state index in [0.29, 0.717) is 11.3 Å². The SMILES string of the molecule is COC(=O)CSCc1cc(F)cc(C#CCO)c1. The number of halogens is 1. The van der Waals surface area contributed by atoms with Crippen LogP contribution in [-0.4, -0.2) is 30.5 Å². The standard InChI is InChI=1S/C13H13FO3S/c1-17-13(16)9-18-8-11-5-10(3-2-4-15)6-12(14)7-11/h5-7,15H,4,8-9H2,1H3. The van der Waals surface area contributed by atoms with Crippen molar-refractivity contribution in [2.75, 3.05) is 19.5 Å². The maximum atomic E-state index is 13.3. The molecular formula is C13H13FO3S. The summed E-state index contributed by atoms with van der Waals surface area (Å²) in [6.45, 7) is -0.261. The van der Waals surface area contributed by atoms with Crippen LogP contribution in [0, 0.1) is 17.7 Å². The third-order valence-corrected chi connectivity index (χ3v) is 2.96. The fraction of sp³-hybridized carbons (Fsp3) is 0.308. The first-order valence-corrected chi connectivity index (χ1v) is 6.35. The van der Waals surface area contributed by atoms with E-state index in [1.54, 1.807) is 6.07 Å². The van der Waals surface area contributed by atoms with Gasteiger partial charge in [0.25, 0.3) is 0 Å². The first-order valence-electron chi connectivity index (χ1n) is 5.19. The summed E-state index contributed by atoms with van der Waals surface area (Å²) in [6.07, 6.45) is 0. The molecule has 0 fully saturated rings. The van der Waals surface area contributed by atoms with E-state index in [-0.39, 0.29) is 24.1 Å². The number of carbonyl (C=O) groups excluding carboxylic acids is 1. The zero-order valence-corrected chi connectivity index (χ0v) is 10.7. The number of aliphatic hydroxyl groups is 1. The molecule has 0 bridgehead atoms. The van der Waals surface area contributed by atoms with Crippen molar-refractivity contribution < 1.29 is 19.0 Å². The summed E-state index contributed by atoms with van der Waals surface area (Å²) in [5.74, 6) is 5.14. The fourth-order valence-corrected chi connectivity index (χ4v) is 2.05. The van der Waals surface area contributed by atoms with Crippen molar-refractivity contribution in [1.82, 2.24) is 0 Å². The predicted octanol–water partition coefficient (Wildman–Crippen LogP) is 1.58. The number of methoxy groups -OCH3 is 1. The third kappa shape index (κ3) is 5.21. The maximum Gasteiger partial charge on any atom is 0.315 e. The van der Waals surface area contributed by atoms with Gasteiger partial charge in [0.1, 0.15) is 12.4 Å². The molecule has 0 spiro atoms. The Bertz CT molecular complexity index is 477. The number of esters is 1. The zero-order valence-electron chi connectivity index (χ0n) is 9.90. The summed E-state index contributed by atoms with van der Waals surface area (Å²) in [7, 11) is 1.33. The molecule has 18 heavy (non-hydrogen) atoms. The Hall–Kier alpha value is -1.51. The van der Waals surface area contributed by atoms with Gasteiger partial charge >= 0.3 is 5.97 Å². The van der Waals surface area contributed by atoms with Gasteiger partial charge in [-0.3, -0.25) is 4.79 Å². The van der Waals surface area contributed by atoms with Gasteiger partial charge in [-0.25, -0.2) is 4.39 Å². The maximum absolute atomic E-state index is 13.3. The molecule has 0 unspecified atom stereocenters. The number of ether oxygens (including phenoxy) is 1. The molecule has 0 aliphatic rings. The predicted molar refractivity (Wildman–Crippen MR) is 68.5 cm³/mol. The lowest BCUT2D eigenvalue weighted by atomic mass is 10.1. The molecule has 96 valence electrons. The lowest BCUT2D eigenvalue weighted by molar-refractivity contribution is -0.137. The van der Waals surface area contributed by atoms with Gasteiger partial charge in [0.15, 0.2) is 0 Å². The topological polar surface area (TPSA) is 46.5 Å². The second-order valence-electron chi connectivity index (χ2n) is 3.38. The highest BCUT2D eigenvalue weighted by molar-refractivity contribution is 7.99. The Balaban J connectivity index is 2.65. The number of hydrogen-bond acceptors (Lipinski definition) is 4. The lowest BCUT2D eigenvalue weighted by Gasteiger charge is -2.02. The minimum absolute atomic E-state index is 0.227. The molecule has 0 radical (unpaired) electrons. The van der Waals surface area contributed by atoms with Gasteiger partial charge < -0.3 is 9.84 Å². The number of benzene rings is 1. The molecule has 0 heterocycles. The second kappa shape index (κ2) is 7.75. The molecule has 1 aromatic rings. The Labute approximate surface area is 109 Å². The summed E-state index contributed by atoms with van der Waals surface area (Å²) in [5, 5.41) is 8.57. The summed E-state index contributed by atoms with van der Waals surface area (Å²) < 4.78 is 17.8. The Morgan fingerprint density at radius 2 is 2.28 bits per heavy atom. The molecule has 0 saturated heterocycles. The van der Waals surface area contributed by atoms with Crippen LogP contribution in [0.25, 0.3) is 0 Å². The van der Waals surface area contributed by atoms with E-state index in [4.69, 9.17) is 5.11 Å². The highest BCUT2D eigenvalue weighted by Gasteiger charge is 2.03. The van der Waals surface area contributed by atoms with Gasteiger partial charge in [-0.2, -0.15) is 0 Å². The molecule has 0 aliphatic heterocycles. The molecule has 1 aromatic carbocycles. The molecule has 0 amide bonds. The quantitative estimate of drug-likeness (QED) is 0.665. The van der Waals surface area contributed by atoms with E-state index in [0.717, 1.165) is 5.56 Å². The van der Waals surface area contributed by atoms with E-state index in [2.05, 4.69) is 16.6 Å². The molecule has 0 aliphatic carbocycles. The van der Waals surface area contributed by atoms with E-state index in [9.17, 15) is 9.18 Å². The number of hydrogen-bond donors (Lipinski definition) is 1. The molecule has 0 atom stereocenters. The molecule has 0 aromatic heterocycles. The van der Waals surface area contributed by atoms with Crippen molar-refractivity contribution in [1.29, 1.82) is 0 Å². The van der Waals surface area contributed by atoms with Crippen molar-refractivity contribution in [3.63, 3.8) is 0 Å². The highest BCUT2D eigenvalue weighted by atomic mass is 32.2. The number of aliphatic hydroxyl groups excluding tert-OH is 1. The first kappa shape index (κ1) is 14.6. The highest BCUT2D eigenvalue weighted by Crippen LogP contribution is 2.15. The molecule has 5 heteroatoms. The lowest BCUT2D eigenvalue weighted by Crippen LogP contribution is -2.03. The average molecular weight is 268 g/mol. The van der Waals surface area contributed by atoms with Crippen molar-refractivity contribution >= 4 is 17.7 Å². The largest absolute Gasteiger partial charge is 0.468 e. The smallest absolute Gasteiger partial charge is 0.315 e. The van der Waals surface area contributed by atoms with Gasteiger partial charge in [0.2, 0.25) is 0 Å². The minimum atomic E-state index is -0.381. The Morgan fingerprint density at radius 1 is 1.50 bits per heavy atom. The van der Waals surface area contributed by atoms with E-state index < -0.39 is 0 Å². The van der Waals surface area contributed by atoms with Gasteiger partial charge in [-0.15, -0.1) is 11.8 Å². The van der Waals surface area contributed by atoms with Gasteiger partial charge in [0, 0.05) is 11.3 Å². The van der Waals surface area contributed by atoms with E-state index in [1.165, 1.54) is 31.0 Å². The van der Waals surface area contributed by atoms with Crippen LogP contribution in [0.5, 0.6) is 0 Å². The zero-order chi connectivity index (χ0) is 13.4. The van der Waals surface area contributed by atoms with Gasteiger partial charge in [-0.05, 0) is 23.8 Å². The van der Waals surface area contributed by atoms with Crippen molar-refractivity contribution in [3.8, 4) is 11.8 Å². The average Bonchev–Trinajstić information content (AvgIpc) is 2.35. The van der Waals surface area contributed by atoms with Crippen LogP contribution >= 0.6 is 11.8 Å². The summed E-state index contributed by atoms with van der Waals surface area (Å²) in [4.78, 5) is 10.9. The van der Waals surface area contributed by atoms with Crippen molar-refractivity contribution in [3.05, 3.63) is 35.1 Å². The summed E-state index contributed by atoms with van der Waals surface area (Å²) in [5.41, 5.74) is 1.25. The molecule has 1 rings (SSSR count). The van der Waals surface area contributed by atoms with Crippen LogP contribution in [-0.2, 0) is 15.3 Å². The minimum Gasteiger partial charge on any atom is -0.468 e. The van der Waals surface area contributed by atoms with Gasteiger partial charge in [-0.1, -0.05) is 11.8 Å². The molecular weight excluding hydrogens is 255 g/mol. The number of thioether (sulfide) groups is 1. The van der Waals surface area contributed by atoms with Gasteiger partial charge in [0.05, 0.1) is 12.9 Å².